The predicted molar refractivity (Wildman–Crippen MR) is 84.0 cm³/mol. The molecule has 1 N–H and O–H groups in total. The molecule has 108 valence electrons. The van der Waals surface area contributed by atoms with Crippen molar-refractivity contribution < 1.29 is 4.74 Å². The maximum absolute atomic E-state index is 5.12. The molecule has 21 heavy (non-hydrogen) atoms. The minimum Gasteiger partial charge on any atom is -0.481 e. The minimum absolute atomic E-state index is 0.494. The van der Waals surface area contributed by atoms with E-state index in [-0.39, 0.29) is 0 Å². The Hall–Kier alpha value is -2.28. The van der Waals surface area contributed by atoms with E-state index in [4.69, 9.17) is 4.74 Å². The molecule has 7 heteroatoms. The van der Waals surface area contributed by atoms with Gasteiger partial charge in [-0.25, -0.2) is 19.9 Å². The number of nitrogens with one attached hydrogen (secondary N) is 1. The van der Waals surface area contributed by atoms with Crippen molar-refractivity contribution in [2.45, 2.75) is 13.8 Å². The first kappa shape index (κ1) is 13.7. The molecule has 0 aromatic carbocycles. The Morgan fingerprint density at radius 3 is 2.71 bits per heavy atom. The minimum atomic E-state index is 0.494. The molecule has 0 aliphatic rings. The number of anilines is 1. The molecule has 0 atom stereocenters. The number of ether oxygens (including phenoxy) is 1. The van der Waals surface area contributed by atoms with Gasteiger partial charge in [-0.1, -0.05) is 0 Å². The molecule has 0 aliphatic carbocycles. The molecule has 0 amide bonds. The Balaban J connectivity index is 2.24. The summed E-state index contributed by atoms with van der Waals surface area (Å²) in [6.45, 7) is 4.18. The lowest BCUT2D eigenvalue weighted by atomic mass is 10.2. The molecule has 3 heterocycles. The third-order valence-electron chi connectivity index (χ3n) is 3.35. The highest BCUT2D eigenvalue weighted by molar-refractivity contribution is 7.18. The van der Waals surface area contributed by atoms with Gasteiger partial charge in [-0.2, -0.15) is 0 Å². The van der Waals surface area contributed by atoms with Gasteiger partial charge in [-0.15, -0.1) is 11.3 Å². The maximum atomic E-state index is 5.12. The van der Waals surface area contributed by atoms with Crippen LogP contribution in [0.3, 0.4) is 0 Å². The van der Waals surface area contributed by atoms with Crippen LogP contribution in [-0.4, -0.2) is 34.1 Å². The molecule has 3 rings (SSSR count). The number of methoxy groups -OCH3 is 1. The van der Waals surface area contributed by atoms with E-state index in [1.807, 2.05) is 7.05 Å². The first-order chi connectivity index (χ1) is 10.1. The third-order valence-corrected chi connectivity index (χ3v) is 4.45. The molecule has 0 saturated heterocycles. The van der Waals surface area contributed by atoms with Gasteiger partial charge in [0.05, 0.1) is 12.5 Å². The van der Waals surface area contributed by atoms with Gasteiger partial charge < -0.3 is 10.1 Å². The van der Waals surface area contributed by atoms with E-state index in [9.17, 15) is 0 Å². The summed E-state index contributed by atoms with van der Waals surface area (Å²) in [6, 6.07) is 1.73. The van der Waals surface area contributed by atoms with Gasteiger partial charge in [0.2, 0.25) is 5.88 Å². The summed E-state index contributed by atoms with van der Waals surface area (Å²) in [5.41, 5.74) is 1.86. The fourth-order valence-electron chi connectivity index (χ4n) is 2.12. The number of hydrogen-bond acceptors (Lipinski definition) is 7. The number of hydrogen-bond donors (Lipinski definition) is 1. The van der Waals surface area contributed by atoms with Crippen molar-refractivity contribution in [2.75, 3.05) is 19.5 Å². The van der Waals surface area contributed by atoms with Gasteiger partial charge in [0.25, 0.3) is 0 Å². The maximum Gasteiger partial charge on any atom is 0.216 e. The number of nitrogens with zero attached hydrogens (tertiary/aromatic N) is 4. The summed E-state index contributed by atoms with van der Waals surface area (Å²) in [5.74, 6) is 1.87. The largest absolute Gasteiger partial charge is 0.481 e. The lowest BCUT2D eigenvalue weighted by Gasteiger charge is -2.06. The summed E-state index contributed by atoms with van der Waals surface area (Å²) < 4.78 is 5.12. The van der Waals surface area contributed by atoms with E-state index < -0.39 is 0 Å². The molecule has 0 aliphatic heterocycles. The number of fused-ring (bicyclic) bond motifs is 1. The zero-order valence-corrected chi connectivity index (χ0v) is 13.1. The molecular formula is C14H15N5OS. The molecular weight excluding hydrogens is 286 g/mol. The van der Waals surface area contributed by atoms with Crippen molar-refractivity contribution in [1.82, 2.24) is 19.9 Å². The Labute approximate surface area is 126 Å². The van der Waals surface area contributed by atoms with Crippen LogP contribution >= 0.6 is 11.3 Å². The second kappa shape index (κ2) is 5.25. The van der Waals surface area contributed by atoms with Crippen molar-refractivity contribution in [3.63, 3.8) is 0 Å². The Morgan fingerprint density at radius 2 is 2.00 bits per heavy atom. The highest BCUT2D eigenvalue weighted by atomic mass is 32.1. The molecule has 0 saturated carbocycles. The van der Waals surface area contributed by atoms with Crippen molar-refractivity contribution >= 4 is 27.4 Å². The van der Waals surface area contributed by atoms with Gasteiger partial charge in [-0.3, -0.25) is 0 Å². The van der Waals surface area contributed by atoms with Crippen LogP contribution in [0.25, 0.3) is 21.7 Å². The van der Waals surface area contributed by atoms with Crippen molar-refractivity contribution in [2.24, 2.45) is 0 Å². The summed E-state index contributed by atoms with van der Waals surface area (Å²) >= 11 is 1.66. The zero-order chi connectivity index (χ0) is 15.0. The Kier molecular flexibility index (Phi) is 3.42. The van der Waals surface area contributed by atoms with Crippen LogP contribution in [0.4, 0.5) is 5.82 Å². The fourth-order valence-corrected chi connectivity index (χ4v) is 3.15. The third kappa shape index (κ3) is 2.29. The van der Waals surface area contributed by atoms with Crippen molar-refractivity contribution in [3.05, 3.63) is 22.8 Å². The summed E-state index contributed by atoms with van der Waals surface area (Å²) in [4.78, 5) is 19.6. The number of aryl methyl sites for hydroxylation is 2. The van der Waals surface area contributed by atoms with Crippen LogP contribution in [-0.2, 0) is 0 Å². The SMILES string of the molecule is CNc1nc(-c2cc(OC)ncn2)nc2sc(C)c(C)c12. The molecule has 0 radical (unpaired) electrons. The molecule has 0 unspecified atom stereocenters. The van der Waals surface area contributed by atoms with E-state index in [1.54, 1.807) is 24.5 Å². The zero-order valence-electron chi connectivity index (χ0n) is 12.3. The Morgan fingerprint density at radius 1 is 1.19 bits per heavy atom. The summed E-state index contributed by atoms with van der Waals surface area (Å²) in [5, 5.41) is 4.22. The quantitative estimate of drug-likeness (QED) is 0.802. The standard InChI is InChI=1S/C14H15N5OS/c1-7-8(2)21-14-11(7)13(15-3)18-12(19-14)9-5-10(20-4)17-6-16-9/h5-6H,1-4H3,(H,15,18,19). The van der Waals surface area contributed by atoms with Crippen LogP contribution in [0.15, 0.2) is 12.4 Å². The van der Waals surface area contributed by atoms with Gasteiger partial charge in [0.15, 0.2) is 5.82 Å². The Bertz CT molecular complexity index is 814. The molecule has 3 aromatic heterocycles. The van der Waals surface area contributed by atoms with Gasteiger partial charge in [0.1, 0.15) is 22.7 Å². The van der Waals surface area contributed by atoms with Crippen molar-refractivity contribution in [1.29, 1.82) is 0 Å². The van der Waals surface area contributed by atoms with Gasteiger partial charge >= 0.3 is 0 Å². The predicted octanol–water partition coefficient (Wildman–Crippen LogP) is 2.82. The first-order valence-corrected chi connectivity index (χ1v) is 7.27. The molecule has 0 fully saturated rings. The smallest absolute Gasteiger partial charge is 0.216 e. The average Bonchev–Trinajstić information content (AvgIpc) is 2.81. The number of aromatic nitrogens is 4. The van der Waals surface area contributed by atoms with Crippen LogP contribution < -0.4 is 10.1 Å². The number of thiophene rings is 1. The van der Waals surface area contributed by atoms with E-state index >= 15 is 0 Å². The highest BCUT2D eigenvalue weighted by Crippen LogP contribution is 2.34. The van der Waals surface area contributed by atoms with Crippen LogP contribution in [0, 0.1) is 13.8 Å². The second-order valence-electron chi connectivity index (χ2n) is 4.55. The van der Waals surface area contributed by atoms with E-state index in [0.717, 1.165) is 16.0 Å². The molecule has 0 bridgehead atoms. The van der Waals surface area contributed by atoms with Gasteiger partial charge in [0, 0.05) is 18.0 Å². The summed E-state index contributed by atoms with van der Waals surface area (Å²) in [7, 11) is 3.43. The van der Waals surface area contributed by atoms with Crippen LogP contribution in [0.5, 0.6) is 5.88 Å². The normalized spacial score (nSPS) is 10.9. The molecule has 6 nitrogen and oxygen atoms in total. The van der Waals surface area contributed by atoms with Crippen molar-refractivity contribution in [3.8, 4) is 17.4 Å². The lowest BCUT2D eigenvalue weighted by Crippen LogP contribution is -2.00. The van der Waals surface area contributed by atoms with E-state index in [1.165, 1.54) is 16.8 Å². The number of rotatable bonds is 3. The molecule has 3 aromatic rings. The van der Waals surface area contributed by atoms with Crippen LogP contribution in [0.1, 0.15) is 10.4 Å². The van der Waals surface area contributed by atoms with Crippen LogP contribution in [0.2, 0.25) is 0 Å². The fraction of sp³-hybridized carbons (Fsp3) is 0.286. The van der Waals surface area contributed by atoms with Gasteiger partial charge in [-0.05, 0) is 19.4 Å². The monoisotopic (exact) mass is 301 g/mol. The topological polar surface area (TPSA) is 72.8 Å². The van der Waals surface area contributed by atoms with E-state index in [0.29, 0.717) is 17.4 Å². The summed E-state index contributed by atoms with van der Waals surface area (Å²) in [6.07, 6.45) is 1.45. The first-order valence-electron chi connectivity index (χ1n) is 6.46. The average molecular weight is 301 g/mol. The molecule has 0 spiro atoms. The second-order valence-corrected chi connectivity index (χ2v) is 5.76. The highest BCUT2D eigenvalue weighted by Gasteiger charge is 2.15. The van der Waals surface area contributed by atoms with E-state index in [2.05, 4.69) is 39.1 Å². The lowest BCUT2D eigenvalue weighted by molar-refractivity contribution is 0.397.